The summed E-state index contributed by atoms with van der Waals surface area (Å²) in [4.78, 5) is 46.5. The molecule has 4 aliphatic heterocycles. The standard InChI is InChI=1S/C34H43N3O6/c1-22-31(33(2,3)42)28(19-30(40)36-17-9-12-25(36)21-38)43-34(22)26-18-24(35-16-8-7-13-29(35)39)14-15-27(26)37(32(34)41)20-23-10-5-4-6-11-23/h4-6,10-11,14-15,18,22,25,28,31,38,42H,7-9,12-13,16-17,19-21H2,1-3H3/t22-,25+,28+,31-,34+/m1/s1. The number of hydrogen-bond acceptors (Lipinski definition) is 6. The number of ether oxygens (including phenoxy) is 1. The number of hydrogen-bond donors (Lipinski definition) is 2. The smallest absolute Gasteiger partial charge is 0.264 e. The highest BCUT2D eigenvalue weighted by atomic mass is 16.5. The molecule has 3 saturated heterocycles. The Morgan fingerprint density at radius 1 is 1.07 bits per heavy atom. The van der Waals surface area contributed by atoms with E-state index in [1.807, 2.05) is 55.5 Å². The maximum atomic E-state index is 14.7. The second kappa shape index (κ2) is 11.3. The van der Waals surface area contributed by atoms with E-state index in [1.54, 1.807) is 28.5 Å². The number of benzene rings is 2. The van der Waals surface area contributed by atoms with Gasteiger partial charge in [-0.1, -0.05) is 37.3 Å². The Morgan fingerprint density at radius 3 is 2.53 bits per heavy atom. The molecule has 5 atom stereocenters. The number of nitrogens with zero attached hydrogens (tertiary/aromatic N) is 3. The van der Waals surface area contributed by atoms with Crippen LogP contribution in [0, 0.1) is 11.8 Å². The molecule has 1 spiro atoms. The Morgan fingerprint density at radius 2 is 1.84 bits per heavy atom. The molecule has 3 amide bonds. The highest BCUT2D eigenvalue weighted by Gasteiger charge is 2.66. The Hall–Kier alpha value is -3.27. The summed E-state index contributed by atoms with van der Waals surface area (Å²) in [5.74, 6) is -1.30. The van der Waals surface area contributed by atoms with Crippen molar-refractivity contribution in [2.24, 2.45) is 11.8 Å². The summed E-state index contributed by atoms with van der Waals surface area (Å²) < 4.78 is 6.87. The second-order valence-electron chi connectivity index (χ2n) is 13.2. The quantitative estimate of drug-likeness (QED) is 0.509. The lowest BCUT2D eigenvalue weighted by atomic mass is 9.70. The van der Waals surface area contributed by atoms with Gasteiger partial charge in [-0.25, -0.2) is 0 Å². The van der Waals surface area contributed by atoms with Crippen molar-refractivity contribution >= 4 is 29.1 Å². The summed E-state index contributed by atoms with van der Waals surface area (Å²) in [5, 5.41) is 21.3. The summed E-state index contributed by atoms with van der Waals surface area (Å²) in [5.41, 5.74) is 0.411. The third kappa shape index (κ3) is 5.05. The number of carbonyl (C=O) groups is 3. The molecule has 4 heterocycles. The van der Waals surface area contributed by atoms with Crippen LogP contribution in [-0.4, -0.2) is 70.3 Å². The lowest BCUT2D eigenvalue weighted by molar-refractivity contribution is -0.150. The van der Waals surface area contributed by atoms with Crippen LogP contribution >= 0.6 is 0 Å². The zero-order chi connectivity index (χ0) is 30.5. The van der Waals surface area contributed by atoms with Gasteiger partial charge in [-0.2, -0.15) is 0 Å². The Kier molecular flexibility index (Phi) is 7.85. The van der Waals surface area contributed by atoms with Gasteiger partial charge in [-0.05, 0) is 63.3 Å². The number of anilines is 2. The third-order valence-electron chi connectivity index (χ3n) is 10.1. The van der Waals surface area contributed by atoms with Gasteiger partial charge in [0.05, 0.1) is 43.0 Å². The number of likely N-dealkylation sites (tertiary alicyclic amines) is 1. The van der Waals surface area contributed by atoms with Crippen LogP contribution in [0.4, 0.5) is 11.4 Å². The first kappa shape index (κ1) is 29.8. The highest BCUT2D eigenvalue weighted by Crippen LogP contribution is 2.58. The number of aliphatic hydroxyl groups is 2. The van der Waals surface area contributed by atoms with Gasteiger partial charge in [0.15, 0.2) is 5.60 Å². The van der Waals surface area contributed by atoms with Gasteiger partial charge in [0.2, 0.25) is 11.8 Å². The maximum absolute atomic E-state index is 14.7. The number of amides is 3. The third-order valence-corrected chi connectivity index (χ3v) is 10.1. The van der Waals surface area contributed by atoms with E-state index < -0.39 is 29.1 Å². The molecule has 9 nitrogen and oxygen atoms in total. The molecule has 3 fully saturated rings. The van der Waals surface area contributed by atoms with Crippen molar-refractivity contribution in [2.75, 3.05) is 29.5 Å². The molecule has 0 unspecified atom stereocenters. The van der Waals surface area contributed by atoms with Crippen molar-refractivity contribution in [3.8, 4) is 0 Å². The minimum absolute atomic E-state index is 0.00282. The molecule has 0 aromatic heterocycles. The van der Waals surface area contributed by atoms with Crippen molar-refractivity contribution in [1.29, 1.82) is 0 Å². The van der Waals surface area contributed by atoms with E-state index in [4.69, 9.17) is 4.74 Å². The molecule has 0 aliphatic carbocycles. The Labute approximate surface area is 253 Å². The van der Waals surface area contributed by atoms with Crippen LogP contribution in [0.15, 0.2) is 48.5 Å². The van der Waals surface area contributed by atoms with Gasteiger partial charge < -0.3 is 29.6 Å². The molecule has 6 rings (SSSR count). The predicted molar refractivity (Wildman–Crippen MR) is 162 cm³/mol. The van der Waals surface area contributed by atoms with Crippen LogP contribution in [0.1, 0.15) is 70.4 Å². The summed E-state index contributed by atoms with van der Waals surface area (Å²) in [7, 11) is 0. The van der Waals surface area contributed by atoms with Crippen LogP contribution in [0.25, 0.3) is 0 Å². The zero-order valence-corrected chi connectivity index (χ0v) is 25.4. The number of fused-ring (bicyclic) bond motifs is 2. The summed E-state index contributed by atoms with van der Waals surface area (Å²) in [6.07, 6.45) is 3.13. The minimum atomic E-state index is -1.43. The van der Waals surface area contributed by atoms with E-state index in [-0.39, 0.29) is 36.8 Å². The first-order chi connectivity index (χ1) is 20.6. The minimum Gasteiger partial charge on any atom is -0.394 e. The van der Waals surface area contributed by atoms with Gasteiger partial charge in [0, 0.05) is 42.6 Å². The van der Waals surface area contributed by atoms with Crippen LogP contribution in [-0.2, 0) is 31.3 Å². The molecule has 9 heteroatoms. The summed E-state index contributed by atoms with van der Waals surface area (Å²) >= 11 is 0. The maximum Gasteiger partial charge on any atom is 0.264 e. The fraction of sp³-hybridized carbons (Fsp3) is 0.559. The van der Waals surface area contributed by atoms with Crippen LogP contribution in [0.3, 0.4) is 0 Å². The van der Waals surface area contributed by atoms with E-state index in [0.29, 0.717) is 31.6 Å². The molecule has 2 aromatic rings. The van der Waals surface area contributed by atoms with Gasteiger partial charge >= 0.3 is 0 Å². The van der Waals surface area contributed by atoms with Crippen molar-refractivity contribution in [3.63, 3.8) is 0 Å². The van der Waals surface area contributed by atoms with E-state index >= 15 is 0 Å². The lowest BCUT2D eigenvalue weighted by Crippen LogP contribution is -2.46. The fourth-order valence-corrected chi connectivity index (χ4v) is 8.08. The monoisotopic (exact) mass is 589 g/mol. The molecule has 0 saturated carbocycles. The van der Waals surface area contributed by atoms with E-state index in [1.165, 1.54) is 0 Å². The molecule has 4 aliphatic rings. The van der Waals surface area contributed by atoms with Gasteiger partial charge in [-0.15, -0.1) is 0 Å². The summed E-state index contributed by atoms with van der Waals surface area (Å²) in [6.45, 7) is 6.81. The average Bonchev–Trinajstić information content (AvgIpc) is 3.64. The number of rotatable bonds is 7. The Bertz CT molecular complexity index is 1390. The van der Waals surface area contributed by atoms with Crippen LogP contribution in [0.5, 0.6) is 0 Å². The normalized spacial score (nSPS) is 29.2. The highest BCUT2D eigenvalue weighted by molar-refractivity contribution is 6.08. The van der Waals surface area contributed by atoms with Crippen molar-refractivity contribution in [3.05, 3.63) is 59.7 Å². The van der Waals surface area contributed by atoms with E-state index in [0.717, 1.165) is 42.6 Å². The lowest BCUT2D eigenvalue weighted by Gasteiger charge is -2.34. The molecular weight excluding hydrogens is 546 g/mol. The van der Waals surface area contributed by atoms with Crippen LogP contribution in [0.2, 0.25) is 0 Å². The molecule has 2 aromatic carbocycles. The van der Waals surface area contributed by atoms with Gasteiger partial charge in [-0.3, -0.25) is 14.4 Å². The molecule has 230 valence electrons. The number of aliphatic hydroxyl groups excluding tert-OH is 1. The van der Waals surface area contributed by atoms with Crippen molar-refractivity contribution in [2.45, 2.75) is 89.2 Å². The molecular formula is C34H43N3O6. The van der Waals surface area contributed by atoms with Crippen LogP contribution < -0.4 is 9.80 Å². The SMILES string of the molecule is C[C@@H]1[C@@H](C(C)(C)O)[C@H](CC(=O)N2CCC[C@H]2CO)O[C@@]12C(=O)N(Cc1ccccc1)c1ccc(N3CCCCC3=O)cc12. The first-order valence-corrected chi connectivity index (χ1v) is 15.7. The van der Waals surface area contributed by atoms with Gasteiger partial charge in [0.1, 0.15) is 0 Å². The summed E-state index contributed by atoms with van der Waals surface area (Å²) in [6, 6.07) is 15.3. The first-order valence-electron chi connectivity index (χ1n) is 15.7. The van der Waals surface area contributed by atoms with Crippen molar-refractivity contribution in [1.82, 2.24) is 4.90 Å². The number of piperidine rings is 1. The van der Waals surface area contributed by atoms with E-state index in [2.05, 4.69) is 0 Å². The zero-order valence-electron chi connectivity index (χ0n) is 25.4. The second-order valence-corrected chi connectivity index (χ2v) is 13.2. The fourth-order valence-electron chi connectivity index (χ4n) is 8.08. The average molecular weight is 590 g/mol. The largest absolute Gasteiger partial charge is 0.394 e. The topological polar surface area (TPSA) is 111 Å². The van der Waals surface area contributed by atoms with E-state index in [9.17, 15) is 24.6 Å². The molecule has 0 radical (unpaired) electrons. The van der Waals surface area contributed by atoms with Gasteiger partial charge in [0.25, 0.3) is 5.91 Å². The Balaban J connectivity index is 1.43. The molecule has 43 heavy (non-hydrogen) atoms. The van der Waals surface area contributed by atoms with Crippen molar-refractivity contribution < 1.29 is 29.3 Å². The predicted octanol–water partition coefficient (Wildman–Crippen LogP) is 3.74. The number of carbonyl (C=O) groups excluding carboxylic acids is 3. The molecule has 2 N–H and O–H groups in total. The molecule has 0 bridgehead atoms.